The number of aromatic hydroxyl groups is 1. The SMILES string of the molecule is CCOc1ccccc1CN1CCN(Cc2ccc(O)c(OC)c2)CC1CCO. The van der Waals surface area contributed by atoms with Crippen LogP contribution >= 0.6 is 0 Å². The monoisotopic (exact) mass is 400 g/mol. The minimum Gasteiger partial charge on any atom is -0.504 e. The van der Waals surface area contributed by atoms with Gasteiger partial charge < -0.3 is 19.7 Å². The van der Waals surface area contributed by atoms with Gasteiger partial charge in [0.1, 0.15) is 5.75 Å². The number of phenolic OH excluding ortho intramolecular Hbond substituents is 1. The number of rotatable bonds is 9. The molecular weight excluding hydrogens is 368 g/mol. The molecule has 1 aliphatic heterocycles. The Hall–Kier alpha value is -2.28. The lowest BCUT2D eigenvalue weighted by atomic mass is 10.1. The van der Waals surface area contributed by atoms with E-state index in [-0.39, 0.29) is 18.4 Å². The van der Waals surface area contributed by atoms with Crippen LogP contribution < -0.4 is 9.47 Å². The lowest BCUT2D eigenvalue weighted by Gasteiger charge is -2.41. The molecule has 1 unspecified atom stereocenters. The van der Waals surface area contributed by atoms with Gasteiger partial charge in [-0.15, -0.1) is 0 Å². The van der Waals surface area contributed by atoms with Crippen LogP contribution in [0, 0.1) is 0 Å². The third-order valence-electron chi connectivity index (χ3n) is 5.45. The van der Waals surface area contributed by atoms with E-state index in [9.17, 15) is 10.2 Å². The molecule has 1 heterocycles. The van der Waals surface area contributed by atoms with Gasteiger partial charge in [-0.05, 0) is 37.1 Å². The highest BCUT2D eigenvalue weighted by Gasteiger charge is 2.27. The smallest absolute Gasteiger partial charge is 0.160 e. The van der Waals surface area contributed by atoms with E-state index < -0.39 is 0 Å². The summed E-state index contributed by atoms with van der Waals surface area (Å²) in [5.74, 6) is 1.60. The molecule has 0 saturated carbocycles. The number of benzene rings is 2. The number of aliphatic hydroxyl groups excluding tert-OH is 1. The van der Waals surface area contributed by atoms with Crippen molar-refractivity contribution in [1.82, 2.24) is 9.80 Å². The summed E-state index contributed by atoms with van der Waals surface area (Å²) in [6.07, 6.45) is 0.742. The lowest BCUT2D eigenvalue weighted by molar-refractivity contribution is 0.0494. The van der Waals surface area contributed by atoms with E-state index in [0.29, 0.717) is 12.4 Å². The molecule has 29 heavy (non-hydrogen) atoms. The van der Waals surface area contributed by atoms with Crippen molar-refractivity contribution in [2.45, 2.75) is 32.5 Å². The average molecular weight is 401 g/mol. The van der Waals surface area contributed by atoms with Gasteiger partial charge in [0.2, 0.25) is 0 Å². The van der Waals surface area contributed by atoms with Crippen LogP contribution in [0.2, 0.25) is 0 Å². The highest BCUT2D eigenvalue weighted by molar-refractivity contribution is 5.41. The maximum Gasteiger partial charge on any atom is 0.160 e. The predicted octanol–water partition coefficient (Wildman–Crippen LogP) is 2.87. The average Bonchev–Trinajstić information content (AvgIpc) is 2.73. The summed E-state index contributed by atoms with van der Waals surface area (Å²) >= 11 is 0. The van der Waals surface area contributed by atoms with Crippen molar-refractivity contribution in [2.75, 3.05) is 40.0 Å². The van der Waals surface area contributed by atoms with Gasteiger partial charge in [0.05, 0.1) is 13.7 Å². The van der Waals surface area contributed by atoms with Crippen LogP contribution in [0.25, 0.3) is 0 Å². The molecule has 158 valence electrons. The Balaban J connectivity index is 1.66. The summed E-state index contributed by atoms with van der Waals surface area (Å²) in [4.78, 5) is 4.85. The van der Waals surface area contributed by atoms with Crippen LogP contribution in [0.15, 0.2) is 42.5 Å². The van der Waals surface area contributed by atoms with Crippen LogP contribution in [0.4, 0.5) is 0 Å². The Bertz CT molecular complexity index is 783. The summed E-state index contributed by atoms with van der Waals surface area (Å²) in [6.45, 7) is 7.21. The Morgan fingerprint density at radius 1 is 1.07 bits per heavy atom. The maximum atomic E-state index is 9.81. The molecule has 1 atom stereocenters. The first-order chi connectivity index (χ1) is 14.1. The molecule has 6 heteroatoms. The fraction of sp³-hybridized carbons (Fsp3) is 0.478. The highest BCUT2D eigenvalue weighted by Crippen LogP contribution is 2.28. The summed E-state index contributed by atoms with van der Waals surface area (Å²) in [6, 6.07) is 14.0. The van der Waals surface area contributed by atoms with Gasteiger partial charge in [-0.1, -0.05) is 24.3 Å². The number of piperazine rings is 1. The van der Waals surface area contributed by atoms with Crippen LogP contribution in [0.1, 0.15) is 24.5 Å². The minimum atomic E-state index is 0.159. The molecule has 0 bridgehead atoms. The van der Waals surface area contributed by atoms with Crippen molar-refractivity contribution in [3.05, 3.63) is 53.6 Å². The molecule has 0 aliphatic carbocycles. The zero-order valence-corrected chi connectivity index (χ0v) is 17.4. The van der Waals surface area contributed by atoms with Gasteiger partial charge in [-0.3, -0.25) is 9.80 Å². The maximum absolute atomic E-state index is 9.81. The summed E-state index contributed by atoms with van der Waals surface area (Å²) in [5.41, 5.74) is 2.30. The lowest BCUT2D eigenvalue weighted by Crippen LogP contribution is -2.52. The van der Waals surface area contributed by atoms with Crippen molar-refractivity contribution >= 4 is 0 Å². The fourth-order valence-electron chi connectivity index (χ4n) is 3.96. The third kappa shape index (κ3) is 5.63. The molecule has 1 saturated heterocycles. The molecule has 6 nitrogen and oxygen atoms in total. The van der Waals surface area contributed by atoms with Gasteiger partial charge in [-0.2, -0.15) is 0 Å². The molecule has 2 aromatic rings. The van der Waals surface area contributed by atoms with Gasteiger partial charge in [0.25, 0.3) is 0 Å². The number of hydrogen-bond donors (Lipinski definition) is 2. The number of para-hydroxylation sites is 1. The molecule has 0 radical (unpaired) electrons. The molecule has 0 aromatic heterocycles. The van der Waals surface area contributed by atoms with Crippen molar-refractivity contribution in [3.63, 3.8) is 0 Å². The van der Waals surface area contributed by atoms with Crippen molar-refractivity contribution in [3.8, 4) is 17.2 Å². The van der Waals surface area contributed by atoms with E-state index in [1.54, 1.807) is 13.2 Å². The molecule has 0 spiro atoms. The van der Waals surface area contributed by atoms with Gasteiger partial charge in [-0.25, -0.2) is 0 Å². The zero-order valence-electron chi connectivity index (χ0n) is 17.4. The first kappa shape index (κ1) is 21.4. The number of hydrogen-bond acceptors (Lipinski definition) is 6. The molecule has 1 fully saturated rings. The largest absolute Gasteiger partial charge is 0.504 e. The number of phenols is 1. The minimum absolute atomic E-state index is 0.159. The Kier molecular flexibility index (Phi) is 7.75. The molecule has 3 rings (SSSR count). The van der Waals surface area contributed by atoms with E-state index in [0.717, 1.165) is 50.5 Å². The van der Waals surface area contributed by atoms with E-state index in [1.807, 2.05) is 37.3 Å². The molecule has 0 amide bonds. The van der Waals surface area contributed by atoms with E-state index in [2.05, 4.69) is 15.9 Å². The third-order valence-corrected chi connectivity index (χ3v) is 5.45. The van der Waals surface area contributed by atoms with Crippen molar-refractivity contribution < 1.29 is 19.7 Å². The first-order valence-corrected chi connectivity index (χ1v) is 10.3. The van der Waals surface area contributed by atoms with Crippen LogP contribution in [0.5, 0.6) is 17.2 Å². The molecule has 2 N–H and O–H groups in total. The second-order valence-electron chi connectivity index (χ2n) is 7.42. The van der Waals surface area contributed by atoms with Gasteiger partial charge >= 0.3 is 0 Å². The van der Waals surface area contributed by atoms with E-state index in [4.69, 9.17) is 9.47 Å². The van der Waals surface area contributed by atoms with Gasteiger partial charge in [0, 0.05) is 50.9 Å². The second-order valence-corrected chi connectivity index (χ2v) is 7.42. The topological polar surface area (TPSA) is 65.4 Å². The van der Waals surface area contributed by atoms with Crippen molar-refractivity contribution in [1.29, 1.82) is 0 Å². The summed E-state index contributed by atoms with van der Waals surface area (Å²) in [5, 5.41) is 19.4. The highest BCUT2D eigenvalue weighted by atomic mass is 16.5. The van der Waals surface area contributed by atoms with Crippen LogP contribution in [0.3, 0.4) is 0 Å². The summed E-state index contributed by atoms with van der Waals surface area (Å²) in [7, 11) is 1.56. The number of methoxy groups -OCH3 is 1. The predicted molar refractivity (Wildman–Crippen MR) is 113 cm³/mol. The second kappa shape index (κ2) is 10.5. The van der Waals surface area contributed by atoms with Gasteiger partial charge in [0.15, 0.2) is 11.5 Å². The zero-order chi connectivity index (χ0) is 20.6. The standard InChI is InChI=1S/C23H32N2O4/c1-3-29-22-7-5-4-6-19(22)16-25-12-11-24(17-20(25)10-13-26)15-18-8-9-21(27)23(14-18)28-2/h4-9,14,20,26-27H,3,10-13,15-17H2,1-2H3. The fourth-order valence-corrected chi connectivity index (χ4v) is 3.96. The number of aliphatic hydroxyl groups is 1. The number of ether oxygens (including phenoxy) is 2. The van der Waals surface area contributed by atoms with Crippen LogP contribution in [-0.4, -0.2) is 66.0 Å². The van der Waals surface area contributed by atoms with Crippen LogP contribution in [-0.2, 0) is 13.1 Å². The Morgan fingerprint density at radius 3 is 2.66 bits per heavy atom. The normalized spacial score (nSPS) is 18.0. The molecule has 2 aromatic carbocycles. The first-order valence-electron chi connectivity index (χ1n) is 10.3. The Morgan fingerprint density at radius 2 is 1.90 bits per heavy atom. The number of nitrogens with zero attached hydrogens (tertiary/aromatic N) is 2. The van der Waals surface area contributed by atoms with E-state index >= 15 is 0 Å². The summed E-state index contributed by atoms with van der Waals surface area (Å²) < 4.78 is 11.0. The van der Waals surface area contributed by atoms with Crippen molar-refractivity contribution in [2.24, 2.45) is 0 Å². The molecule has 1 aliphatic rings. The molecular formula is C23H32N2O4. The quantitative estimate of drug-likeness (QED) is 0.675. The van der Waals surface area contributed by atoms with E-state index in [1.165, 1.54) is 5.56 Å². The Labute approximate surface area is 173 Å².